The zero-order valence-corrected chi connectivity index (χ0v) is 11.6. The van der Waals surface area contributed by atoms with Crippen molar-refractivity contribution >= 4 is 16.6 Å². The van der Waals surface area contributed by atoms with Gasteiger partial charge in [0, 0.05) is 18.1 Å². The van der Waals surface area contributed by atoms with E-state index >= 15 is 0 Å². The first-order chi connectivity index (χ1) is 9.78. The molecule has 2 aromatic carbocycles. The molecule has 0 aliphatic carbocycles. The number of aryl methyl sites for hydroxylation is 1. The predicted molar refractivity (Wildman–Crippen MR) is 81.0 cm³/mol. The van der Waals surface area contributed by atoms with E-state index in [1.54, 1.807) is 7.11 Å². The maximum absolute atomic E-state index is 5.15. The second-order valence-electron chi connectivity index (χ2n) is 4.67. The predicted octanol–water partition coefficient (Wildman–Crippen LogP) is 3.19. The van der Waals surface area contributed by atoms with Gasteiger partial charge in [0.05, 0.1) is 24.9 Å². The van der Waals surface area contributed by atoms with Crippen molar-refractivity contribution in [1.29, 1.82) is 0 Å². The van der Waals surface area contributed by atoms with E-state index in [1.807, 2.05) is 48.1 Å². The van der Waals surface area contributed by atoms with Crippen molar-refractivity contribution in [3.05, 3.63) is 54.2 Å². The lowest BCUT2D eigenvalue weighted by atomic mass is 10.2. The fourth-order valence-corrected chi connectivity index (χ4v) is 2.31. The number of hydrogen-bond donors (Lipinski definition) is 1. The summed E-state index contributed by atoms with van der Waals surface area (Å²) < 4.78 is 7.07. The second-order valence-corrected chi connectivity index (χ2v) is 4.67. The Morgan fingerprint density at radius 1 is 1.10 bits per heavy atom. The summed E-state index contributed by atoms with van der Waals surface area (Å²) in [7, 11) is 3.64. The van der Waals surface area contributed by atoms with Crippen LogP contribution in [0.5, 0.6) is 5.75 Å². The van der Waals surface area contributed by atoms with Crippen LogP contribution in [0.2, 0.25) is 0 Å². The normalized spacial score (nSPS) is 10.7. The Bertz CT molecular complexity index is 716. The first kappa shape index (κ1) is 12.5. The topological polar surface area (TPSA) is 39.1 Å². The SMILES string of the molecule is COc1ccc(NCc2nn(C)c3ccccc23)cc1. The van der Waals surface area contributed by atoms with Gasteiger partial charge in [0.25, 0.3) is 0 Å². The molecule has 20 heavy (non-hydrogen) atoms. The zero-order valence-electron chi connectivity index (χ0n) is 11.6. The van der Waals surface area contributed by atoms with Crippen molar-refractivity contribution in [2.75, 3.05) is 12.4 Å². The molecule has 0 saturated heterocycles. The van der Waals surface area contributed by atoms with Gasteiger partial charge in [0.1, 0.15) is 5.75 Å². The van der Waals surface area contributed by atoms with Crippen LogP contribution in [0.1, 0.15) is 5.69 Å². The van der Waals surface area contributed by atoms with Crippen molar-refractivity contribution in [2.45, 2.75) is 6.54 Å². The number of anilines is 1. The van der Waals surface area contributed by atoms with Crippen LogP contribution in [0.15, 0.2) is 48.5 Å². The highest BCUT2D eigenvalue weighted by atomic mass is 16.5. The summed E-state index contributed by atoms with van der Waals surface area (Å²) in [5, 5.41) is 9.15. The van der Waals surface area contributed by atoms with E-state index < -0.39 is 0 Å². The summed E-state index contributed by atoms with van der Waals surface area (Å²) in [4.78, 5) is 0. The highest BCUT2D eigenvalue weighted by Crippen LogP contribution is 2.20. The molecular formula is C16H17N3O. The number of nitrogens with zero attached hydrogens (tertiary/aromatic N) is 2. The lowest BCUT2D eigenvalue weighted by Gasteiger charge is -2.06. The van der Waals surface area contributed by atoms with E-state index in [4.69, 9.17) is 4.74 Å². The van der Waals surface area contributed by atoms with Gasteiger partial charge in [-0.1, -0.05) is 18.2 Å². The van der Waals surface area contributed by atoms with Crippen LogP contribution < -0.4 is 10.1 Å². The molecule has 3 rings (SSSR count). The molecular weight excluding hydrogens is 250 g/mol. The Labute approximate surface area is 118 Å². The molecule has 0 saturated carbocycles. The van der Waals surface area contributed by atoms with Crippen LogP contribution in [0.3, 0.4) is 0 Å². The molecule has 0 amide bonds. The molecule has 4 heteroatoms. The summed E-state index contributed by atoms with van der Waals surface area (Å²) in [6, 6.07) is 16.2. The van der Waals surface area contributed by atoms with E-state index in [2.05, 4.69) is 22.5 Å². The molecule has 0 aliphatic heterocycles. The van der Waals surface area contributed by atoms with Gasteiger partial charge < -0.3 is 10.1 Å². The molecule has 0 fully saturated rings. The smallest absolute Gasteiger partial charge is 0.119 e. The van der Waals surface area contributed by atoms with Gasteiger partial charge in [-0.3, -0.25) is 4.68 Å². The molecule has 1 N–H and O–H groups in total. The quantitative estimate of drug-likeness (QED) is 0.789. The maximum atomic E-state index is 5.15. The molecule has 0 aliphatic rings. The summed E-state index contributed by atoms with van der Waals surface area (Å²) in [6.45, 7) is 0.702. The number of rotatable bonds is 4. The largest absolute Gasteiger partial charge is 0.497 e. The van der Waals surface area contributed by atoms with Crippen molar-refractivity contribution in [3.8, 4) is 5.75 Å². The minimum absolute atomic E-state index is 0.702. The summed E-state index contributed by atoms with van der Waals surface area (Å²) in [6.07, 6.45) is 0. The van der Waals surface area contributed by atoms with E-state index in [-0.39, 0.29) is 0 Å². The van der Waals surface area contributed by atoms with Gasteiger partial charge in [-0.05, 0) is 30.3 Å². The lowest BCUT2D eigenvalue weighted by Crippen LogP contribution is -2.01. The number of methoxy groups -OCH3 is 1. The number of aromatic nitrogens is 2. The third-order valence-electron chi connectivity index (χ3n) is 3.38. The Kier molecular flexibility index (Phi) is 3.29. The third kappa shape index (κ3) is 2.32. The van der Waals surface area contributed by atoms with E-state index in [0.717, 1.165) is 22.6 Å². The van der Waals surface area contributed by atoms with E-state index in [1.165, 1.54) is 5.39 Å². The van der Waals surface area contributed by atoms with Gasteiger partial charge in [-0.15, -0.1) is 0 Å². The van der Waals surface area contributed by atoms with Crippen molar-refractivity contribution in [2.24, 2.45) is 7.05 Å². The minimum atomic E-state index is 0.702. The molecule has 0 atom stereocenters. The monoisotopic (exact) mass is 267 g/mol. The molecule has 1 heterocycles. The number of hydrogen-bond acceptors (Lipinski definition) is 3. The van der Waals surface area contributed by atoms with E-state index in [9.17, 15) is 0 Å². The lowest BCUT2D eigenvalue weighted by molar-refractivity contribution is 0.415. The van der Waals surface area contributed by atoms with Gasteiger partial charge in [0.15, 0.2) is 0 Å². The Hall–Kier alpha value is -2.49. The molecule has 0 bridgehead atoms. The van der Waals surface area contributed by atoms with Gasteiger partial charge in [-0.25, -0.2) is 0 Å². The van der Waals surface area contributed by atoms with Crippen LogP contribution in [0.4, 0.5) is 5.69 Å². The fourth-order valence-electron chi connectivity index (χ4n) is 2.31. The summed E-state index contributed by atoms with van der Waals surface area (Å²) in [5.74, 6) is 0.860. The molecule has 3 aromatic rings. The number of ether oxygens (including phenoxy) is 1. The molecule has 4 nitrogen and oxygen atoms in total. The van der Waals surface area contributed by atoms with Crippen molar-refractivity contribution < 1.29 is 4.74 Å². The fraction of sp³-hybridized carbons (Fsp3) is 0.188. The summed E-state index contributed by atoms with van der Waals surface area (Å²) >= 11 is 0. The Morgan fingerprint density at radius 3 is 2.60 bits per heavy atom. The number of nitrogens with one attached hydrogen (secondary N) is 1. The highest BCUT2D eigenvalue weighted by molar-refractivity contribution is 5.82. The second kappa shape index (κ2) is 5.25. The zero-order chi connectivity index (χ0) is 13.9. The van der Waals surface area contributed by atoms with Crippen molar-refractivity contribution in [1.82, 2.24) is 9.78 Å². The van der Waals surface area contributed by atoms with Crippen LogP contribution in [-0.4, -0.2) is 16.9 Å². The average Bonchev–Trinajstić information content (AvgIpc) is 2.83. The molecule has 0 unspecified atom stereocenters. The molecule has 0 spiro atoms. The average molecular weight is 267 g/mol. The third-order valence-corrected chi connectivity index (χ3v) is 3.38. The standard InChI is InChI=1S/C16H17N3O/c1-19-16-6-4-3-5-14(16)15(18-19)11-17-12-7-9-13(20-2)10-8-12/h3-10,17H,11H2,1-2H3. The number of fused-ring (bicyclic) bond motifs is 1. The van der Waals surface area contributed by atoms with Gasteiger partial charge in [0.2, 0.25) is 0 Å². The summed E-state index contributed by atoms with van der Waals surface area (Å²) in [5.41, 5.74) is 3.26. The first-order valence-corrected chi connectivity index (χ1v) is 6.56. The van der Waals surface area contributed by atoms with Crippen LogP contribution >= 0.6 is 0 Å². The Balaban J connectivity index is 1.79. The van der Waals surface area contributed by atoms with Gasteiger partial charge >= 0.3 is 0 Å². The minimum Gasteiger partial charge on any atom is -0.497 e. The van der Waals surface area contributed by atoms with Crippen LogP contribution in [0, 0.1) is 0 Å². The first-order valence-electron chi connectivity index (χ1n) is 6.56. The van der Waals surface area contributed by atoms with Crippen LogP contribution in [-0.2, 0) is 13.6 Å². The van der Waals surface area contributed by atoms with Gasteiger partial charge in [-0.2, -0.15) is 5.10 Å². The molecule has 102 valence electrons. The maximum Gasteiger partial charge on any atom is 0.119 e. The molecule has 0 radical (unpaired) electrons. The highest BCUT2D eigenvalue weighted by Gasteiger charge is 2.07. The molecule has 1 aromatic heterocycles. The van der Waals surface area contributed by atoms with Crippen molar-refractivity contribution in [3.63, 3.8) is 0 Å². The Morgan fingerprint density at radius 2 is 1.85 bits per heavy atom. The van der Waals surface area contributed by atoms with E-state index in [0.29, 0.717) is 6.54 Å². The number of para-hydroxylation sites is 1. The number of benzene rings is 2. The van der Waals surface area contributed by atoms with Crippen LogP contribution in [0.25, 0.3) is 10.9 Å².